The van der Waals surface area contributed by atoms with Gasteiger partial charge in [-0.15, -0.1) is 0 Å². The summed E-state index contributed by atoms with van der Waals surface area (Å²) in [5, 5.41) is 18.9. The van der Waals surface area contributed by atoms with E-state index in [0.717, 1.165) is 47.8 Å². The number of fused-ring (bicyclic) bond motifs is 1. The number of aliphatic hydroxyl groups is 1. The lowest BCUT2D eigenvalue weighted by atomic mass is 9.99. The van der Waals surface area contributed by atoms with Crippen LogP contribution in [0.3, 0.4) is 0 Å². The maximum absolute atomic E-state index is 13.4. The van der Waals surface area contributed by atoms with Crippen LogP contribution in [0.4, 0.5) is 0 Å². The van der Waals surface area contributed by atoms with Crippen LogP contribution in [0, 0.1) is 6.92 Å². The van der Waals surface area contributed by atoms with E-state index in [1.54, 1.807) is 0 Å². The highest BCUT2D eigenvalue weighted by molar-refractivity contribution is 5.98. The summed E-state index contributed by atoms with van der Waals surface area (Å²) in [5.74, 6) is -0.164. The number of aryl methyl sites for hydroxylation is 3. The first-order valence-corrected chi connectivity index (χ1v) is 13.9. The third kappa shape index (κ3) is 7.33. The molecule has 38 heavy (non-hydrogen) atoms. The zero-order valence-corrected chi connectivity index (χ0v) is 22.9. The van der Waals surface area contributed by atoms with Crippen molar-refractivity contribution in [3.05, 3.63) is 107 Å². The van der Waals surface area contributed by atoms with Gasteiger partial charge in [-0.1, -0.05) is 80.4 Å². The molecule has 0 aliphatic heterocycles. The molecule has 0 radical (unpaired) electrons. The van der Waals surface area contributed by atoms with Crippen LogP contribution in [0.25, 0.3) is 10.9 Å². The molecule has 0 saturated heterocycles. The van der Waals surface area contributed by atoms with E-state index in [4.69, 9.17) is 0 Å². The number of rotatable bonds is 13. The van der Waals surface area contributed by atoms with Crippen molar-refractivity contribution >= 4 is 16.8 Å². The first-order valence-electron chi connectivity index (χ1n) is 13.9. The van der Waals surface area contributed by atoms with Gasteiger partial charge in [0.05, 0.1) is 12.1 Å². The standard InChI is InChI=1S/C33H41N3O2/c1-4-6-16-36-17-15-28-13-14-29(21-31(28)36)33(38)35-30(20-26-11-7-9-24(3)18-26)32(37)23-34-22-27-12-8-10-25(5-2)19-27/h7-15,17-19,21,30,32,34,37H,4-6,16,20,22-23H2,1-3H3,(H,35,38)/t30-,32+/m0/s1. The van der Waals surface area contributed by atoms with Gasteiger partial charge in [0, 0.05) is 36.9 Å². The summed E-state index contributed by atoms with van der Waals surface area (Å²) in [5.41, 5.74) is 6.42. The Morgan fingerprint density at radius 2 is 1.74 bits per heavy atom. The van der Waals surface area contributed by atoms with Crippen LogP contribution in [0.1, 0.15) is 59.3 Å². The number of carbonyl (C=O) groups is 1. The number of nitrogens with zero attached hydrogens (tertiary/aromatic N) is 1. The second-order valence-electron chi connectivity index (χ2n) is 10.3. The van der Waals surface area contributed by atoms with Gasteiger partial charge in [-0.2, -0.15) is 0 Å². The fourth-order valence-corrected chi connectivity index (χ4v) is 4.94. The molecule has 0 bridgehead atoms. The van der Waals surface area contributed by atoms with Crippen molar-refractivity contribution in [3.63, 3.8) is 0 Å². The van der Waals surface area contributed by atoms with Crippen molar-refractivity contribution < 1.29 is 9.90 Å². The van der Waals surface area contributed by atoms with Crippen LogP contribution < -0.4 is 10.6 Å². The van der Waals surface area contributed by atoms with Gasteiger partial charge >= 0.3 is 0 Å². The second kappa shape index (κ2) is 13.4. The van der Waals surface area contributed by atoms with Crippen molar-refractivity contribution in [2.45, 2.75) is 71.7 Å². The molecule has 0 fully saturated rings. The first kappa shape index (κ1) is 27.6. The van der Waals surface area contributed by atoms with Crippen molar-refractivity contribution in [3.8, 4) is 0 Å². The molecule has 0 unspecified atom stereocenters. The Kier molecular flexibility index (Phi) is 9.74. The van der Waals surface area contributed by atoms with Crippen LogP contribution in [-0.4, -0.2) is 34.3 Å². The van der Waals surface area contributed by atoms with Gasteiger partial charge < -0.3 is 20.3 Å². The van der Waals surface area contributed by atoms with E-state index in [-0.39, 0.29) is 5.91 Å². The number of nitrogens with one attached hydrogen (secondary N) is 2. The lowest BCUT2D eigenvalue weighted by molar-refractivity contribution is 0.0830. The summed E-state index contributed by atoms with van der Waals surface area (Å²) in [7, 11) is 0. The Morgan fingerprint density at radius 3 is 2.53 bits per heavy atom. The van der Waals surface area contributed by atoms with Gasteiger partial charge in [-0.05, 0) is 66.5 Å². The molecule has 4 rings (SSSR count). The number of hydrogen-bond acceptors (Lipinski definition) is 3. The monoisotopic (exact) mass is 511 g/mol. The van der Waals surface area contributed by atoms with E-state index in [1.807, 2.05) is 24.3 Å². The van der Waals surface area contributed by atoms with E-state index < -0.39 is 12.1 Å². The van der Waals surface area contributed by atoms with Gasteiger partial charge in [0.1, 0.15) is 0 Å². The van der Waals surface area contributed by atoms with E-state index in [1.165, 1.54) is 11.1 Å². The summed E-state index contributed by atoms with van der Waals surface area (Å²) in [6.45, 7) is 8.37. The predicted molar refractivity (Wildman–Crippen MR) is 157 cm³/mol. The Balaban J connectivity index is 1.48. The lowest BCUT2D eigenvalue weighted by Crippen LogP contribution is -2.48. The smallest absolute Gasteiger partial charge is 0.251 e. The Morgan fingerprint density at radius 1 is 0.947 bits per heavy atom. The predicted octanol–water partition coefficient (Wildman–Crippen LogP) is 5.80. The molecule has 1 heterocycles. The van der Waals surface area contributed by atoms with Crippen molar-refractivity contribution in [1.82, 2.24) is 15.2 Å². The number of carbonyl (C=O) groups excluding carboxylic acids is 1. The van der Waals surface area contributed by atoms with E-state index >= 15 is 0 Å². The zero-order chi connectivity index (χ0) is 26.9. The Bertz CT molecular complexity index is 1340. The molecule has 1 amide bonds. The number of aliphatic hydroxyl groups excluding tert-OH is 1. The van der Waals surface area contributed by atoms with E-state index in [9.17, 15) is 9.90 Å². The fourth-order valence-electron chi connectivity index (χ4n) is 4.94. The minimum absolute atomic E-state index is 0.164. The minimum atomic E-state index is -0.744. The SMILES string of the molecule is CCCCn1ccc2ccc(C(=O)N[C@@H](Cc3cccc(C)c3)[C@H](O)CNCc3cccc(CC)c3)cc21. The topological polar surface area (TPSA) is 66.3 Å². The van der Waals surface area contributed by atoms with Gasteiger partial charge in [-0.25, -0.2) is 0 Å². The molecule has 4 aromatic rings. The highest BCUT2D eigenvalue weighted by Crippen LogP contribution is 2.19. The fraction of sp³-hybridized carbons (Fsp3) is 0.364. The summed E-state index contributed by atoms with van der Waals surface area (Å²) in [6.07, 6.45) is 5.11. The largest absolute Gasteiger partial charge is 0.390 e. The highest BCUT2D eigenvalue weighted by atomic mass is 16.3. The first-order chi connectivity index (χ1) is 18.5. The maximum atomic E-state index is 13.4. The molecule has 2 atom stereocenters. The molecule has 0 aliphatic carbocycles. The van der Waals surface area contributed by atoms with E-state index in [0.29, 0.717) is 25.1 Å². The summed E-state index contributed by atoms with van der Waals surface area (Å²) in [4.78, 5) is 13.4. The number of hydrogen-bond donors (Lipinski definition) is 3. The third-order valence-corrected chi connectivity index (χ3v) is 7.19. The van der Waals surface area contributed by atoms with Gasteiger partial charge in [-0.3, -0.25) is 4.79 Å². The molecule has 5 nitrogen and oxygen atoms in total. The molecule has 3 N–H and O–H groups in total. The van der Waals surface area contributed by atoms with E-state index in [2.05, 4.69) is 90.7 Å². The normalized spacial score (nSPS) is 12.9. The lowest BCUT2D eigenvalue weighted by Gasteiger charge is -2.25. The highest BCUT2D eigenvalue weighted by Gasteiger charge is 2.23. The van der Waals surface area contributed by atoms with Crippen LogP contribution in [0.15, 0.2) is 79.0 Å². The van der Waals surface area contributed by atoms with Gasteiger partial charge in [0.2, 0.25) is 0 Å². The number of benzene rings is 3. The summed E-state index contributed by atoms with van der Waals surface area (Å²) >= 11 is 0. The Hall–Kier alpha value is -3.41. The molecule has 200 valence electrons. The van der Waals surface area contributed by atoms with Gasteiger partial charge in [0.15, 0.2) is 0 Å². The quantitative estimate of drug-likeness (QED) is 0.212. The minimum Gasteiger partial charge on any atom is -0.390 e. The van der Waals surface area contributed by atoms with Crippen LogP contribution in [0.2, 0.25) is 0 Å². The number of amides is 1. The molecular weight excluding hydrogens is 470 g/mol. The summed E-state index contributed by atoms with van der Waals surface area (Å²) < 4.78 is 2.21. The van der Waals surface area contributed by atoms with Crippen LogP contribution in [-0.2, 0) is 25.9 Å². The van der Waals surface area contributed by atoms with Crippen molar-refractivity contribution in [1.29, 1.82) is 0 Å². The van der Waals surface area contributed by atoms with Crippen molar-refractivity contribution in [2.24, 2.45) is 0 Å². The molecular formula is C33H41N3O2. The number of aromatic nitrogens is 1. The molecule has 0 spiro atoms. The zero-order valence-electron chi connectivity index (χ0n) is 22.9. The molecule has 0 saturated carbocycles. The van der Waals surface area contributed by atoms with Crippen molar-refractivity contribution in [2.75, 3.05) is 6.54 Å². The van der Waals surface area contributed by atoms with Crippen LogP contribution in [0.5, 0.6) is 0 Å². The van der Waals surface area contributed by atoms with Gasteiger partial charge in [0.25, 0.3) is 5.91 Å². The average Bonchev–Trinajstić information content (AvgIpc) is 3.33. The summed E-state index contributed by atoms with van der Waals surface area (Å²) in [6, 6.07) is 24.2. The Labute approximate surface area is 226 Å². The molecule has 1 aromatic heterocycles. The van der Waals surface area contributed by atoms with Crippen LogP contribution >= 0.6 is 0 Å². The molecule has 0 aliphatic rings. The third-order valence-electron chi connectivity index (χ3n) is 7.19. The molecule has 3 aromatic carbocycles. The molecule has 5 heteroatoms. The maximum Gasteiger partial charge on any atom is 0.251 e. The number of unbranched alkanes of at least 4 members (excludes halogenated alkanes) is 1. The average molecular weight is 512 g/mol. The second-order valence-corrected chi connectivity index (χ2v) is 10.3.